The number of halogens is 2. The van der Waals surface area contributed by atoms with Crippen molar-refractivity contribution >= 4 is 21.7 Å². The molecule has 0 aromatic heterocycles. The van der Waals surface area contributed by atoms with Crippen molar-refractivity contribution in [1.82, 2.24) is 0 Å². The molecule has 16 heavy (non-hydrogen) atoms. The Labute approximate surface area is 103 Å². The van der Waals surface area contributed by atoms with Crippen LogP contribution >= 0.6 is 15.9 Å². The monoisotopic (exact) mass is 287 g/mol. The van der Waals surface area contributed by atoms with Crippen LogP contribution in [0.4, 0.5) is 4.39 Å². The highest BCUT2D eigenvalue weighted by Gasteiger charge is 2.08. The molecule has 1 rings (SSSR count). The number of unbranched alkanes of at least 4 members (excludes halogenated alkanes) is 1. The first-order valence-electron chi connectivity index (χ1n) is 5.29. The second kappa shape index (κ2) is 6.76. The van der Waals surface area contributed by atoms with Crippen LogP contribution in [0.5, 0.6) is 0 Å². The first-order chi connectivity index (χ1) is 7.63. The molecule has 0 saturated carbocycles. The SMILES string of the molecule is NCCCCC(=O)Cc1ccc(Br)cc1F. The van der Waals surface area contributed by atoms with Crippen molar-refractivity contribution in [3.8, 4) is 0 Å². The minimum Gasteiger partial charge on any atom is -0.330 e. The van der Waals surface area contributed by atoms with Gasteiger partial charge in [-0.15, -0.1) is 0 Å². The van der Waals surface area contributed by atoms with Crippen LogP contribution in [0.25, 0.3) is 0 Å². The molecule has 4 heteroatoms. The molecular weight excluding hydrogens is 273 g/mol. The lowest BCUT2D eigenvalue weighted by atomic mass is 10.0. The molecule has 0 spiro atoms. The first-order valence-corrected chi connectivity index (χ1v) is 6.08. The van der Waals surface area contributed by atoms with Gasteiger partial charge in [-0.3, -0.25) is 4.79 Å². The molecule has 2 N–H and O–H groups in total. The topological polar surface area (TPSA) is 43.1 Å². The molecule has 2 nitrogen and oxygen atoms in total. The molecule has 1 aromatic carbocycles. The first kappa shape index (κ1) is 13.3. The van der Waals surface area contributed by atoms with Crippen LogP contribution in [-0.2, 0) is 11.2 Å². The van der Waals surface area contributed by atoms with Crippen LogP contribution in [-0.4, -0.2) is 12.3 Å². The van der Waals surface area contributed by atoms with Crippen LogP contribution in [0.3, 0.4) is 0 Å². The molecule has 0 amide bonds. The number of hydrogen-bond donors (Lipinski definition) is 1. The third kappa shape index (κ3) is 4.41. The summed E-state index contributed by atoms with van der Waals surface area (Å²) >= 11 is 3.17. The molecule has 1 aromatic rings. The number of ketones is 1. The van der Waals surface area contributed by atoms with Crippen LogP contribution < -0.4 is 5.73 Å². The summed E-state index contributed by atoms with van der Waals surface area (Å²) in [5.74, 6) is -0.267. The highest BCUT2D eigenvalue weighted by Crippen LogP contribution is 2.16. The molecule has 0 unspecified atom stereocenters. The smallest absolute Gasteiger partial charge is 0.137 e. The summed E-state index contributed by atoms with van der Waals surface area (Å²) in [6, 6.07) is 4.76. The van der Waals surface area contributed by atoms with Gasteiger partial charge in [0.15, 0.2) is 0 Å². The predicted molar refractivity (Wildman–Crippen MR) is 65.7 cm³/mol. The highest BCUT2D eigenvalue weighted by atomic mass is 79.9. The van der Waals surface area contributed by atoms with Crippen molar-refractivity contribution in [2.75, 3.05) is 6.54 Å². The van der Waals surface area contributed by atoms with Crippen molar-refractivity contribution in [3.05, 3.63) is 34.1 Å². The number of hydrogen-bond acceptors (Lipinski definition) is 2. The number of carbonyl (C=O) groups excluding carboxylic acids is 1. The minimum atomic E-state index is -0.332. The Kier molecular flexibility index (Phi) is 5.63. The molecule has 0 bridgehead atoms. The Morgan fingerprint density at radius 2 is 2.12 bits per heavy atom. The molecule has 88 valence electrons. The van der Waals surface area contributed by atoms with Crippen molar-refractivity contribution in [2.24, 2.45) is 5.73 Å². The van der Waals surface area contributed by atoms with E-state index in [1.165, 1.54) is 6.07 Å². The van der Waals surface area contributed by atoms with Gasteiger partial charge in [-0.25, -0.2) is 4.39 Å². The number of nitrogens with two attached hydrogens (primary N) is 1. The van der Waals surface area contributed by atoms with Crippen molar-refractivity contribution < 1.29 is 9.18 Å². The predicted octanol–water partition coefficient (Wildman–Crippen LogP) is 2.83. The van der Waals surface area contributed by atoms with Gasteiger partial charge in [0.25, 0.3) is 0 Å². The summed E-state index contributed by atoms with van der Waals surface area (Å²) in [7, 11) is 0. The van der Waals surface area contributed by atoms with E-state index in [4.69, 9.17) is 5.73 Å². The number of benzene rings is 1. The summed E-state index contributed by atoms with van der Waals surface area (Å²) in [5, 5.41) is 0. The molecule has 0 atom stereocenters. The lowest BCUT2D eigenvalue weighted by Crippen LogP contribution is -2.06. The van der Waals surface area contributed by atoms with Gasteiger partial charge in [-0.1, -0.05) is 22.0 Å². The summed E-state index contributed by atoms with van der Waals surface area (Å²) in [4.78, 5) is 11.5. The minimum absolute atomic E-state index is 0.0645. The average molecular weight is 288 g/mol. The molecule has 0 saturated heterocycles. The fourth-order valence-corrected chi connectivity index (χ4v) is 1.77. The fourth-order valence-electron chi connectivity index (χ4n) is 1.43. The van der Waals surface area contributed by atoms with Gasteiger partial charge < -0.3 is 5.73 Å². The lowest BCUT2D eigenvalue weighted by Gasteiger charge is -2.03. The third-order valence-corrected chi connectivity index (χ3v) is 2.81. The molecule has 0 aliphatic heterocycles. The largest absolute Gasteiger partial charge is 0.330 e. The van der Waals surface area contributed by atoms with Gasteiger partial charge in [-0.2, -0.15) is 0 Å². The standard InChI is InChI=1S/C12H15BrFNO/c13-10-5-4-9(12(14)8-10)7-11(16)3-1-2-6-15/h4-5,8H,1-3,6-7,15H2. The summed E-state index contributed by atoms with van der Waals surface area (Å²) < 4.78 is 14.1. The zero-order chi connectivity index (χ0) is 12.0. The van der Waals surface area contributed by atoms with Crippen LogP contribution in [0.15, 0.2) is 22.7 Å². The normalized spacial score (nSPS) is 10.4. The number of carbonyl (C=O) groups is 1. The molecule has 0 aliphatic rings. The second-order valence-corrected chi connectivity index (χ2v) is 4.61. The number of Topliss-reactive ketones (excluding diaryl/α,β-unsaturated/α-hetero) is 1. The Bertz CT molecular complexity index is 368. The van der Waals surface area contributed by atoms with Crippen molar-refractivity contribution in [1.29, 1.82) is 0 Å². The van der Waals surface area contributed by atoms with E-state index in [1.54, 1.807) is 12.1 Å². The van der Waals surface area contributed by atoms with E-state index in [1.807, 2.05) is 0 Å². The van der Waals surface area contributed by atoms with Gasteiger partial charge in [0.05, 0.1) is 0 Å². The van der Waals surface area contributed by atoms with E-state index in [9.17, 15) is 9.18 Å². The molecule has 0 heterocycles. The Morgan fingerprint density at radius 3 is 2.75 bits per heavy atom. The van der Waals surface area contributed by atoms with E-state index in [-0.39, 0.29) is 18.0 Å². The maximum absolute atomic E-state index is 13.4. The van der Waals surface area contributed by atoms with E-state index >= 15 is 0 Å². The molecule has 0 radical (unpaired) electrons. The molecule has 0 fully saturated rings. The van der Waals surface area contributed by atoms with Gasteiger partial charge in [0.1, 0.15) is 11.6 Å². The van der Waals surface area contributed by atoms with E-state index in [0.29, 0.717) is 23.0 Å². The van der Waals surface area contributed by atoms with E-state index in [0.717, 1.165) is 12.8 Å². The van der Waals surface area contributed by atoms with Crippen molar-refractivity contribution in [3.63, 3.8) is 0 Å². The van der Waals surface area contributed by atoms with E-state index in [2.05, 4.69) is 15.9 Å². The quantitative estimate of drug-likeness (QED) is 0.818. The van der Waals surface area contributed by atoms with Crippen LogP contribution in [0.2, 0.25) is 0 Å². The maximum Gasteiger partial charge on any atom is 0.137 e. The van der Waals surface area contributed by atoms with Gasteiger partial charge in [0, 0.05) is 17.3 Å². The van der Waals surface area contributed by atoms with Crippen LogP contribution in [0.1, 0.15) is 24.8 Å². The van der Waals surface area contributed by atoms with Gasteiger partial charge in [-0.05, 0) is 37.1 Å². The van der Waals surface area contributed by atoms with Crippen LogP contribution in [0, 0.1) is 5.82 Å². The number of rotatable bonds is 6. The summed E-state index contributed by atoms with van der Waals surface area (Å²) in [6.45, 7) is 0.597. The molecule has 0 aliphatic carbocycles. The van der Waals surface area contributed by atoms with E-state index < -0.39 is 0 Å². The van der Waals surface area contributed by atoms with Crippen molar-refractivity contribution in [2.45, 2.75) is 25.7 Å². The lowest BCUT2D eigenvalue weighted by molar-refractivity contribution is -0.118. The molecular formula is C12H15BrFNO. The maximum atomic E-state index is 13.4. The highest BCUT2D eigenvalue weighted by molar-refractivity contribution is 9.10. The zero-order valence-corrected chi connectivity index (χ0v) is 10.6. The van der Waals surface area contributed by atoms with Gasteiger partial charge >= 0.3 is 0 Å². The Balaban J connectivity index is 2.49. The Hall–Kier alpha value is -0.740. The van der Waals surface area contributed by atoms with Gasteiger partial charge in [0.2, 0.25) is 0 Å². The third-order valence-electron chi connectivity index (χ3n) is 2.31. The summed E-state index contributed by atoms with van der Waals surface area (Å²) in [5.41, 5.74) is 5.79. The summed E-state index contributed by atoms with van der Waals surface area (Å²) in [6.07, 6.45) is 2.28. The Morgan fingerprint density at radius 1 is 1.38 bits per heavy atom. The zero-order valence-electron chi connectivity index (χ0n) is 9.01. The fraction of sp³-hybridized carbons (Fsp3) is 0.417. The average Bonchev–Trinajstić information content (AvgIpc) is 2.23. The second-order valence-electron chi connectivity index (χ2n) is 3.70.